The molecular formula is C10H20F3NO2. The number of ether oxygens (including phenoxy) is 1. The van der Waals surface area contributed by atoms with Gasteiger partial charge in [0.25, 0.3) is 0 Å². The fourth-order valence-electron chi connectivity index (χ4n) is 0.970. The summed E-state index contributed by atoms with van der Waals surface area (Å²) in [5, 5.41) is 12.6. The Labute approximate surface area is 94.0 Å². The van der Waals surface area contributed by atoms with Crippen molar-refractivity contribution in [1.82, 2.24) is 5.32 Å². The molecule has 0 aromatic heterocycles. The summed E-state index contributed by atoms with van der Waals surface area (Å²) in [6, 6.07) is 0. The monoisotopic (exact) mass is 243 g/mol. The molecule has 6 heteroatoms. The van der Waals surface area contributed by atoms with E-state index in [9.17, 15) is 18.3 Å². The van der Waals surface area contributed by atoms with Gasteiger partial charge in [-0.2, -0.15) is 13.2 Å². The van der Waals surface area contributed by atoms with E-state index in [-0.39, 0.29) is 6.61 Å². The number of halogens is 3. The van der Waals surface area contributed by atoms with Gasteiger partial charge in [-0.15, -0.1) is 0 Å². The van der Waals surface area contributed by atoms with Crippen LogP contribution in [0.2, 0.25) is 0 Å². The van der Waals surface area contributed by atoms with Gasteiger partial charge in [-0.1, -0.05) is 6.92 Å². The zero-order valence-corrected chi connectivity index (χ0v) is 9.73. The number of hydrogen-bond acceptors (Lipinski definition) is 3. The maximum atomic E-state index is 11.7. The van der Waals surface area contributed by atoms with Gasteiger partial charge in [0.1, 0.15) is 6.61 Å². The first-order chi connectivity index (χ1) is 7.27. The molecule has 0 fully saturated rings. The molecule has 0 bridgehead atoms. The highest BCUT2D eigenvalue weighted by Gasteiger charge is 2.27. The van der Waals surface area contributed by atoms with Gasteiger partial charge >= 0.3 is 6.18 Å². The smallest absolute Gasteiger partial charge is 0.389 e. The van der Waals surface area contributed by atoms with Gasteiger partial charge in [-0.05, 0) is 26.3 Å². The second-order valence-corrected chi connectivity index (χ2v) is 4.05. The fraction of sp³-hybridized carbons (Fsp3) is 1.00. The first kappa shape index (κ1) is 15.7. The number of aliphatic hydroxyl groups is 1. The summed E-state index contributed by atoms with van der Waals surface area (Å²) in [7, 11) is 0. The first-order valence-electron chi connectivity index (χ1n) is 5.34. The molecule has 0 aromatic rings. The molecule has 98 valence electrons. The Hall–Kier alpha value is -0.330. The maximum absolute atomic E-state index is 11.7. The Balaban J connectivity index is 3.29. The molecule has 0 saturated carbocycles. The molecule has 0 aliphatic rings. The van der Waals surface area contributed by atoms with Crippen molar-refractivity contribution in [1.29, 1.82) is 0 Å². The maximum Gasteiger partial charge on any atom is 0.411 e. The third-order valence-corrected chi connectivity index (χ3v) is 2.18. The van der Waals surface area contributed by atoms with Crippen molar-refractivity contribution in [2.75, 3.05) is 26.3 Å². The van der Waals surface area contributed by atoms with Crippen LogP contribution < -0.4 is 5.32 Å². The van der Waals surface area contributed by atoms with Gasteiger partial charge in [0.05, 0.1) is 5.60 Å². The SMILES string of the molecule is CCC(C)(O)CNCCCOCC(F)(F)F. The van der Waals surface area contributed by atoms with Crippen LogP contribution in [0.4, 0.5) is 13.2 Å². The summed E-state index contributed by atoms with van der Waals surface area (Å²) < 4.78 is 39.4. The van der Waals surface area contributed by atoms with Crippen LogP contribution in [0.25, 0.3) is 0 Å². The zero-order chi connectivity index (χ0) is 12.7. The largest absolute Gasteiger partial charge is 0.411 e. The van der Waals surface area contributed by atoms with Crippen molar-refractivity contribution >= 4 is 0 Å². The van der Waals surface area contributed by atoms with E-state index in [0.717, 1.165) is 0 Å². The van der Waals surface area contributed by atoms with Crippen molar-refractivity contribution in [2.45, 2.75) is 38.5 Å². The van der Waals surface area contributed by atoms with E-state index < -0.39 is 18.4 Å². The number of alkyl halides is 3. The van der Waals surface area contributed by atoms with Gasteiger partial charge in [0.15, 0.2) is 0 Å². The summed E-state index contributed by atoms with van der Waals surface area (Å²) >= 11 is 0. The Bertz CT molecular complexity index is 183. The lowest BCUT2D eigenvalue weighted by Gasteiger charge is -2.21. The standard InChI is InChI=1S/C10H20F3NO2/c1-3-9(2,15)7-14-5-4-6-16-8-10(11,12)13/h14-15H,3-8H2,1-2H3. The van der Waals surface area contributed by atoms with Crippen molar-refractivity contribution in [3.8, 4) is 0 Å². The van der Waals surface area contributed by atoms with Crippen LogP contribution in [0.1, 0.15) is 26.7 Å². The number of hydrogen-bond donors (Lipinski definition) is 2. The van der Waals surface area contributed by atoms with E-state index >= 15 is 0 Å². The van der Waals surface area contributed by atoms with Crippen LogP contribution >= 0.6 is 0 Å². The minimum Gasteiger partial charge on any atom is -0.389 e. The third kappa shape index (κ3) is 10.2. The Morgan fingerprint density at radius 2 is 1.94 bits per heavy atom. The lowest BCUT2D eigenvalue weighted by atomic mass is 10.0. The van der Waals surface area contributed by atoms with Crippen molar-refractivity contribution < 1.29 is 23.0 Å². The molecular weight excluding hydrogens is 223 g/mol. The molecule has 0 saturated heterocycles. The summed E-state index contributed by atoms with van der Waals surface area (Å²) in [4.78, 5) is 0. The van der Waals surface area contributed by atoms with Crippen LogP contribution in [0.15, 0.2) is 0 Å². The highest BCUT2D eigenvalue weighted by molar-refractivity contribution is 4.72. The average Bonchev–Trinajstić information content (AvgIpc) is 2.14. The Kier molecular flexibility index (Phi) is 6.94. The highest BCUT2D eigenvalue weighted by Crippen LogP contribution is 2.14. The van der Waals surface area contributed by atoms with E-state index in [1.807, 2.05) is 6.92 Å². The van der Waals surface area contributed by atoms with Crippen LogP contribution in [0.5, 0.6) is 0 Å². The van der Waals surface area contributed by atoms with Crippen LogP contribution in [0, 0.1) is 0 Å². The van der Waals surface area contributed by atoms with E-state index in [1.165, 1.54) is 0 Å². The molecule has 0 radical (unpaired) electrons. The van der Waals surface area contributed by atoms with Crippen LogP contribution in [0.3, 0.4) is 0 Å². The molecule has 0 aliphatic carbocycles. The zero-order valence-electron chi connectivity index (χ0n) is 9.73. The number of nitrogens with one attached hydrogen (secondary N) is 1. The summed E-state index contributed by atoms with van der Waals surface area (Å²) in [6.07, 6.45) is -3.13. The lowest BCUT2D eigenvalue weighted by molar-refractivity contribution is -0.173. The molecule has 0 heterocycles. The molecule has 1 atom stereocenters. The summed E-state index contributed by atoms with van der Waals surface area (Å²) in [5.74, 6) is 0. The minimum absolute atomic E-state index is 0.0702. The van der Waals surface area contributed by atoms with Crippen LogP contribution in [-0.4, -0.2) is 43.2 Å². The van der Waals surface area contributed by atoms with E-state index in [0.29, 0.717) is 25.9 Å². The van der Waals surface area contributed by atoms with Gasteiger partial charge < -0.3 is 15.2 Å². The molecule has 2 N–H and O–H groups in total. The topological polar surface area (TPSA) is 41.5 Å². The Morgan fingerprint density at radius 3 is 2.44 bits per heavy atom. The molecule has 0 amide bonds. The number of rotatable bonds is 8. The molecule has 0 rings (SSSR count). The van der Waals surface area contributed by atoms with E-state index in [1.54, 1.807) is 6.92 Å². The molecule has 0 spiro atoms. The molecule has 0 aromatic carbocycles. The van der Waals surface area contributed by atoms with Gasteiger partial charge in [0, 0.05) is 13.2 Å². The predicted octanol–water partition coefficient (Wildman–Crippen LogP) is 1.71. The van der Waals surface area contributed by atoms with Gasteiger partial charge in [0.2, 0.25) is 0 Å². The summed E-state index contributed by atoms with van der Waals surface area (Å²) in [5.41, 5.74) is -0.757. The Morgan fingerprint density at radius 1 is 1.31 bits per heavy atom. The van der Waals surface area contributed by atoms with Crippen molar-refractivity contribution in [3.05, 3.63) is 0 Å². The normalized spacial score (nSPS) is 16.1. The second-order valence-electron chi connectivity index (χ2n) is 4.05. The molecule has 0 aliphatic heterocycles. The molecule has 1 unspecified atom stereocenters. The quantitative estimate of drug-likeness (QED) is 0.638. The van der Waals surface area contributed by atoms with Gasteiger partial charge in [-0.25, -0.2) is 0 Å². The van der Waals surface area contributed by atoms with Gasteiger partial charge in [-0.3, -0.25) is 0 Å². The lowest BCUT2D eigenvalue weighted by Crippen LogP contribution is -2.37. The third-order valence-electron chi connectivity index (χ3n) is 2.18. The minimum atomic E-state index is -4.25. The van der Waals surface area contributed by atoms with Crippen molar-refractivity contribution in [2.24, 2.45) is 0 Å². The molecule has 3 nitrogen and oxygen atoms in total. The summed E-state index contributed by atoms with van der Waals surface area (Å²) in [6.45, 7) is 3.42. The predicted molar refractivity (Wildman–Crippen MR) is 55.3 cm³/mol. The highest BCUT2D eigenvalue weighted by atomic mass is 19.4. The molecule has 16 heavy (non-hydrogen) atoms. The second kappa shape index (κ2) is 7.09. The van der Waals surface area contributed by atoms with Crippen molar-refractivity contribution in [3.63, 3.8) is 0 Å². The van der Waals surface area contributed by atoms with E-state index in [2.05, 4.69) is 10.1 Å². The van der Waals surface area contributed by atoms with Crippen LogP contribution in [-0.2, 0) is 4.74 Å². The van der Waals surface area contributed by atoms with E-state index in [4.69, 9.17) is 0 Å². The fourth-order valence-corrected chi connectivity index (χ4v) is 0.970. The first-order valence-corrected chi connectivity index (χ1v) is 5.34. The average molecular weight is 243 g/mol.